The van der Waals surface area contributed by atoms with E-state index in [-0.39, 0.29) is 24.0 Å². The SMILES string of the molecule is O=C(O)Cn1ccc(C(=O)N2CCN(Cc3cccc(F)c3)CC2)n1. The van der Waals surface area contributed by atoms with Gasteiger partial charge in [0.25, 0.3) is 5.91 Å². The zero-order valence-corrected chi connectivity index (χ0v) is 13.6. The number of nitrogens with zero attached hydrogens (tertiary/aromatic N) is 4. The van der Waals surface area contributed by atoms with Gasteiger partial charge in [-0.15, -0.1) is 0 Å². The Hall–Kier alpha value is -2.74. The van der Waals surface area contributed by atoms with Gasteiger partial charge in [0.15, 0.2) is 0 Å². The van der Waals surface area contributed by atoms with Gasteiger partial charge in [-0.25, -0.2) is 4.39 Å². The lowest BCUT2D eigenvalue weighted by molar-refractivity contribution is -0.137. The molecule has 0 spiro atoms. The Kier molecular flexibility index (Phi) is 5.08. The van der Waals surface area contributed by atoms with E-state index in [9.17, 15) is 14.0 Å². The number of carbonyl (C=O) groups is 2. The molecule has 3 rings (SSSR count). The number of aromatic nitrogens is 2. The van der Waals surface area contributed by atoms with Crippen molar-refractivity contribution in [3.8, 4) is 0 Å². The van der Waals surface area contributed by atoms with Crippen molar-refractivity contribution in [3.05, 3.63) is 53.6 Å². The minimum Gasteiger partial charge on any atom is -0.480 e. The first-order valence-corrected chi connectivity index (χ1v) is 8.02. The highest BCUT2D eigenvalue weighted by atomic mass is 19.1. The number of hydrogen-bond acceptors (Lipinski definition) is 4. The molecular weight excluding hydrogens is 327 g/mol. The molecule has 1 saturated heterocycles. The van der Waals surface area contributed by atoms with E-state index < -0.39 is 5.97 Å². The Morgan fingerprint density at radius 3 is 2.60 bits per heavy atom. The Bertz CT molecular complexity index is 769. The second-order valence-electron chi connectivity index (χ2n) is 5.99. The summed E-state index contributed by atoms with van der Waals surface area (Å²) in [5.74, 6) is -1.45. The first kappa shape index (κ1) is 17.1. The number of rotatable bonds is 5. The Morgan fingerprint density at radius 2 is 1.92 bits per heavy atom. The van der Waals surface area contributed by atoms with Crippen LogP contribution in [0.5, 0.6) is 0 Å². The van der Waals surface area contributed by atoms with Crippen LogP contribution in [-0.2, 0) is 17.9 Å². The summed E-state index contributed by atoms with van der Waals surface area (Å²) >= 11 is 0. The normalized spacial score (nSPS) is 15.3. The number of hydrogen-bond donors (Lipinski definition) is 1. The van der Waals surface area contributed by atoms with E-state index in [1.807, 2.05) is 6.07 Å². The van der Waals surface area contributed by atoms with Gasteiger partial charge in [0.2, 0.25) is 0 Å². The van der Waals surface area contributed by atoms with E-state index in [0.717, 1.165) is 5.56 Å². The molecule has 2 aromatic rings. The van der Waals surface area contributed by atoms with Crippen molar-refractivity contribution in [2.45, 2.75) is 13.1 Å². The van der Waals surface area contributed by atoms with Crippen LogP contribution in [0.3, 0.4) is 0 Å². The Labute approximate surface area is 144 Å². The monoisotopic (exact) mass is 346 g/mol. The summed E-state index contributed by atoms with van der Waals surface area (Å²) in [7, 11) is 0. The van der Waals surface area contributed by atoms with Gasteiger partial charge < -0.3 is 10.0 Å². The molecule has 1 amide bonds. The van der Waals surface area contributed by atoms with Gasteiger partial charge in [-0.1, -0.05) is 12.1 Å². The maximum Gasteiger partial charge on any atom is 0.325 e. The van der Waals surface area contributed by atoms with Gasteiger partial charge in [0.1, 0.15) is 18.1 Å². The van der Waals surface area contributed by atoms with Crippen molar-refractivity contribution in [2.24, 2.45) is 0 Å². The van der Waals surface area contributed by atoms with Crippen molar-refractivity contribution in [3.63, 3.8) is 0 Å². The first-order valence-electron chi connectivity index (χ1n) is 8.02. The van der Waals surface area contributed by atoms with E-state index in [1.54, 1.807) is 11.0 Å². The minimum atomic E-state index is -1.01. The molecular formula is C17H19FN4O3. The average Bonchev–Trinajstić information content (AvgIpc) is 3.02. The van der Waals surface area contributed by atoms with Crippen LogP contribution in [0, 0.1) is 5.82 Å². The fourth-order valence-corrected chi connectivity index (χ4v) is 2.87. The topological polar surface area (TPSA) is 78.7 Å². The highest BCUT2D eigenvalue weighted by molar-refractivity contribution is 5.92. The number of halogens is 1. The van der Waals surface area contributed by atoms with Crippen LogP contribution in [0.4, 0.5) is 4.39 Å². The van der Waals surface area contributed by atoms with Crippen LogP contribution in [-0.4, -0.2) is 62.7 Å². The van der Waals surface area contributed by atoms with E-state index in [0.29, 0.717) is 32.7 Å². The lowest BCUT2D eigenvalue weighted by atomic mass is 10.2. The summed E-state index contributed by atoms with van der Waals surface area (Å²) in [6.45, 7) is 2.87. The van der Waals surface area contributed by atoms with E-state index in [2.05, 4.69) is 10.00 Å². The summed E-state index contributed by atoms with van der Waals surface area (Å²) in [4.78, 5) is 27.0. The number of carboxylic acid groups (broad SMARTS) is 1. The molecule has 0 saturated carbocycles. The van der Waals surface area contributed by atoms with Crippen LogP contribution < -0.4 is 0 Å². The van der Waals surface area contributed by atoms with Crippen LogP contribution in [0.15, 0.2) is 36.5 Å². The molecule has 1 aliphatic rings. The van der Waals surface area contributed by atoms with Crippen molar-refractivity contribution in [1.29, 1.82) is 0 Å². The predicted octanol–water partition coefficient (Wildman–Crippen LogP) is 1.06. The molecule has 1 N–H and O–H groups in total. The molecule has 8 heteroatoms. The molecule has 1 aromatic carbocycles. The van der Waals surface area contributed by atoms with Gasteiger partial charge in [0, 0.05) is 38.9 Å². The molecule has 0 bridgehead atoms. The number of amides is 1. The van der Waals surface area contributed by atoms with Gasteiger partial charge in [-0.3, -0.25) is 19.2 Å². The number of carboxylic acids is 1. The summed E-state index contributed by atoms with van der Waals surface area (Å²) in [5.41, 5.74) is 1.16. The molecule has 1 aromatic heterocycles. The molecule has 0 atom stereocenters. The van der Waals surface area contributed by atoms with Crippen LogP contribution >= 0.6 is 0 Å². The third-order valence-electron chi connectivity index (χ3n) is 4.11. The first-order chi connectivity index (χ1) is 12.0. The lowest BCUT2D eigenvalue weighted by Gasteiger charge is -2.34. The molecule has 2 heterocycles. The molecule has 0 unspecified atom stereocenters. The van der Waals surface area contributed by atoms with Gasteiger partial charge >= 0.3 is 5.97 Å². The third kappa shape index (κ3) is 4.42. The van der Waals surface area contributed by atoms with Crippen LogP contribution in [0.2, 0.25) is 0 Å². The van der Waals surface area contributed by atoms with E-state index in [1.165, 1.54) is 29.1 Å². The standard InChI is InChI=1S/C17H19FN4O3/c18-14-3-1-2-13(10-14)11-20-6-8-21(9-7-20)17(25)15-4-5-22(19-15)12-16(23)24/h1-5,10H,6-9,11-12H2,(H,23,24). The second-order valence-corrected chi connectivity index (χ2v) is 5.99. The fraction of sp³-hybridized carbons (Fsp3) is 0.353. The molecule has 25 heavy (non-hydrogen) atoms. The van der Waals surface area contributed by atoms with Gasteiger partial charge in [0.05, 0.1) is 0 Å². The second kappa shape index (κ2) is 7.43. The zero-order valence-electron chi connectivity index (χ0n) is 13.6. The summed E-state index contributed by atoms with van der Waals surface area (Å²) in [6.07, 6.45) is 1.49. The van der Waals surface area contributed by atoms with Crippen LogP contribution in [0.1, 0.15) is 16.1 Å². The minimum absolute atomic E-state index is 0.199. The van der Waals surface area contributed by atoms with Crippen molar-refractivity contribution in [1.82, 2.24) is 19.6 Å². The fourth-order valence-electron chi connectivity index (χ4n) is 2.87. The number of aliphatic carboxylic acids is 1. The molecule has 1 fully saturated rings. The van der Waals surface area contributed by atoms with Gasteiger partial charge in [-0.2, -0.15) is 5.10 Å². The van der Waals surface area contributed by atoms with Crippen molar-refractivity contribution < 1.29 is 19.1 Å². The maximum atomic E-state index is 13.2. The van der Waals surface area contributed by atoms with E-state index in [4.69, 9.17) is 5.11 Å². The largest absolute Gasteiger partial charge is 0.480 e. The molecule has 7 nitrogen and oxygen atoms in total. The smallest absolute Gasteiger partial charge is 0.325 e. The Balaban J connectivity index is 1.54. The third-order valence-corrected chi connectivity index (χ3v) is 4.11. The highest BCUT2D eigenvalue weighted by Crippen LogP contribution is 2.12. The lowest BCUT2D eigenvalue weighted by Crippen LogP contribution is -2.48. The van der Waals surface area contributed by atoms with Crippen molar-refractivity contribution >= 4 is 11.9 Å². The number of benzene rings is 1. The highest BCUT2D eigenvalue weighted by Gasteiger charge is 2.23. The van der Waals surface area contributed by atoms with Gasteiger partial charge in [-0.05, 0) is 23.8 Å². The maximum absolute atomic E-state index is 13.2. The summed E-state index contributed by atoms with van der Waals surface area (Å²) in [6, 6.07) is 8.05. The molecule has 0 radical (unpaired) electrons. The summed E-state index contributed by atoms with van der Waals surface area (Å²) in [5, 5.41) is 12.8. The molecule has 0 aliphatic carbocycles. The van der Waals surface area contributed by atoms with Crippen molar-refractivity contribution in [2.75, 3.05) is 26.2 Å². The van der Waals surface area contributed by atoms with E-state index >= 15 is 0 Å². The predicted molar refractivity (Wildman–Crippen MR) is 87.4 cm³/mol. The molecule has 1 aliphatic heterocycles. The zero-order chi connectivity index (χ0) is 17.8. The molecule has 132 valence electrons. The number of carbonyl (C=O) groups excluding carboxylic acids is 1. The quantitative estimate of drug-likeness (QED) is 0.876. The van der Waals surface area contributed by atoms with Crippen LogP contribution in [0.25, 0.3) is 0 Å². The average molecular weight is 346 g/mol. The summed E-state index contributed by atoms with van der Waals surface area (Å²) < 4.78 is 14.5. The Morgan fingerprint density at radius 1 is 1.16 bits per heavy atom. The number of piperazine rings is 1.